The van der Waals surface area contributed by atoms with Crippen molar-refractivity contribution in [3.05, 3.63) is 18.2 Å². The minimum absolute atomic E-state index is 0.000437. The second kappa shape index (κ2) is 7.06. The van der Waals surface area contributed by atoms with Gasteiger partial charge < -0.3 is 20.5 Å². The molecule has 0 aliphatic carbocycles. The van der Waals surface area contributed by atoms with Gasteiger partial charge in [-0.3, -0.25) is 4.79 Å². The number of anilines is 1. The lowest BCUT2D eigenvalue weighted by atomic mass is 10.1. The fourth-order valence-electron chi connectivity index (χ4n) is 2.17. The summed E-state index contributed by atoms with van der Waals surface area (Å²) in [5.74, 6) is -0.200. The third kappa shape index (κ3) is 4.04. The molecule has 1 aromatic carbocycles. The summed E-state index contributed by atoms with van der Waals surface area (Å²) in [6.07, 6.45) is 0. The zero-order chi connectivity index (χ0) is 18.0. The average molecular weight is 357 g/mol. The van der Waals surface area contributed by atoms with Crippen LogP contribution in [0.5, 0.6) is 5.75 Å². The van der Waals surface area contributed by atoms with Crippen LogP contribution in [0.15, 0.2) is 23.1 Å². The molecule has 24 heavy (non-hydrogen) atoms. The van der Waals surface area contributed by atoms with Gasteiger partial charge in [-0.15, -0.1) is 0 Å². The lowest BCUT2D eigenvalue weighted by molar-refractivity contribution is -0.120. The van der Waals surface area contributed by atoms with Crippen molar-refractivity contribution < 1.29 is 22.7 Å². The smallest absolute Gasteiger partial charge is 0.246 e. The molecular formula is C15H23N3O5S. The first-order chi connectivity index (χ1) is 11.2. The van der Waals surface area contributed by atoms with E-state index in [4.69, 9.17) is 15.2 Å². The summed E-state index contributed by atoms with van der Waals surface area (Å²) in [7, 11) is -2.36. The monoisotopic (exact) mass is 357 g/mol. The van der Waals surface area contributed by atoms with Gasteiger partial charge in [-0.25, -0.2) is 8.42 Å². The number of benzene rings is 1. The summed E-state index contributed by atoms with van der Waals surface area (Å²) >= 11 is 0. The molecule has 1 aliphatic heterocycles. The Morgan fingerprint density at radius 3 is 2.50 bits per heavy atom. The van der Waals surface area contributed by atoms with Gasteiger partial charge >= 0.3 is 0 Å². The number of morpholine rings is 1. The van der Waals surface area contributed by atoms with Gasteiger partial charge in [0.2, 0.25) is 15.9 Å². The Labute approximate surface area is 142 Å². The van der Waals surface area contributed by atoms with Crippen molar-refractivity contribution >= 4 is 21.6 Å². The predicted molar refractivity (Wildman–Crippen MR) is 89.5 cm³/mol. The molecule has 0 saturated carbocycles. The van der Waals surface area contributed by atoms with Crippen LogP contribution in [0.2, 0.25) is 0 Å². The number of rotatable bonds is 5. The highest BCUT2D eigenvalue weighted by molar-refractivity contribution is 7.89. The van der Waals surface area contributed by atoms with Gasteiger partial charge in [0.25, 0.3) is 0 Å². The van der Waals surface area contributed by atoms with Crippen molar-refractivity contribution in [3.63, 3.8) is 0 Å². The molecule has 0 unspecified atom stereocenters. The number of nitrogens with zero attached hydrogens (tertiary/aromatic N) is 1. The molecule has 1 aromatic rings. The maximum atomic E-state index is 12.9. The van der Waals surface area contributed by atoms with Crippen molar-refractivity contribution in [2.24, 2.45) is 5.73 Å². The number of methoxy groups -OCH3 is 1. The standard InChI is InChI=1S/C15H23N3O5S/c1-15(2,16)14(19)17-11-4-5-12(22-3)13(10-11)24(20,21)18-6-8-23-9-7-18/h4-5,10H,6-9,16H2,1-3H3,(H,17,19). The van der Waals surface area contributed by atoms with Crippen LogP contribution in [0.1, 0.15) is 13.8 Å². The average Bonchev–Trinajstić information content (AvgIpc) is 2.54. The molecule has 0 spiro atoms. The van der Waals surface area contributed by atoms with E-state index in [1.54, 1.807) is 19.9 Å². The van der Waals surface area contributed by atoms with Crippen LogP contribution in [0.4, 0.5) is 5.69 Å². The predicted octanol–water partition coefficient (Wildman–Crippen LogP) is 0.392. The second-order valence-corrected chi connectivity index (χ2v) is 7.96. The summed E-state index contributed by atoms with van der Waals surface area (Å²) in [6.45, 7) is 4.38. The molecule has 0 bridgehead atoms. The number of carbonyl (C=O) groups excluding carboxylic acids is 1. The van der Waals surface area contributed by atoms with Gasteiger partial charge in [0, 0.05) is 18.8 Å². The molecule has 1 aliphatic rings. The van der Waals surface area contributed by atoms with Gasteiger partial charge in [0.15, 0.2) is 0 Å². The van der Waals surface area contributed by atoms with Crippen LogP contribution in [-0.4, -0.2) is 57.6 Å². The van der Waals surface area contributed by atoms with Gasteiger partial charge in [0.1, 0.15) is 10.6 Å². The lowest BCUT2D eigenvalue weighted by Crippen LogP contribution is -2.45. The SMILES string of the molecule is COc1ccc(NC(=O)C(C)(C)N)cc1S(=O)(=O)N1CCOCC1. The van der Waals surface area contributed by atoms with E-state index in [9.17, 15) is 13.2 Å². The number of hydrogen-bond acceptors (Lipinski definition) is 6. The van der Waals surface area contributed by atoms with E-state index in [-0.39, 0.29) is 23.7 Å². The Morgan fingerprint density at radius 2 is 1.96 bits per heavy atom. The van der Waals surface area contributed by atoms with Gasteiger partial charge in [0.05, 0.1) is 25.9 Å². The molecule has 0 radical (unpaired) electrons. The largest absolute Gasteiger partial charge is 0.495 e. The number of carbonyl (C=O) groups is 1. The molecule has 0 aromatic heterocycles. The molecule has 3 N–H and O–H groups in total. The van der Waals surface area contributed by atoms with Crippen LogP contribution < -0.4 is 15.8 Å². The van der Waals surface area contributed by atoms with E-state index < -0.39 is 21.5 Å². The topological polar surface area (TPSA) is 111 Å². The third-order valence-electron chi connectivity index (χ3n) is 3.59. The van der Waals surface area contributed by atoms with Crippen molar-refractivity contribution in [2.75, 3.05) is 38.7 Å². The zero-order valence-electron chi connectivity index (χ0n) is 14.0. The van der Waals surface area contributed by atoms with Crippen LogP contribution in [0.25, 0.3) is 0 Å². The fourth-order valence-corrected chi connectivity index (χ4v) is 3.76. The van der Waals surface area contributed by atoms with E-state index in [0.29, 0.717) is 18.9 Å². The molecule has 9 heteroatoms. The summed E-state index contributed by atoms with van der Waals surface area (Å²) in [4.78, 5) is 12.0. The Kier molecular flexibility index (Phi) is 5.49. The lowest BCUT2D eigenvalue weighted by Gasteiger charge is -2.27. The quantitative estimate of drug-likeness (QED) is 0.789. The highest BCUT2D eigenvalue weighted by atomic mass is 32.2. The first kappa shape index (κ1) is 18.7. The third-order valence-corrected chi connectivity index (χ3v) is 5.51. The number of amides is 1. The van der Waals surface area contributed by atoms with Crippen LogP contribution in [0.3, 0.4) is 0 Å². The number of nitrogens with two attached hydrogens (primary N) is 1. The van der Waals surface area contributed by atoms with Crippen LogP contribution >= 0.6 is 0 Å². The molecule has 0 atom stereocenters. The normalized spacial score (nSPS) is 16.7. The molecule has 1 heterocycles. The fraction of sp³-hybridized carbons (Fsp3) is 0.533. The van der Waals surface area contributed by atoms with Crippen LogP contribution in [0, 0.1) is 0 Å². The number of nitrogens with one attached hydrogen (secondary N) is 1. The Hall–Kier alpha value is -1.68. The Balaban J connectivity index is 2.37. The highest BCUT2D eigenvalue weighted by Gasteiger charge is 2.30. The summed E-state index contributed by atoms with van der Waals surface area (Å²) in [5, 5.41) is 2.62. The molecule has 1 saturated heterocycles. The van der Waals surface area contributed by atoms with E-state index >= 15 is 0 Å². The second-order valence-electron chi connectivity index (χ2n) is 6.06. The van der Waals surface area contributed by atoms with Crippen molar-refractivity contribution in [1.29, 1.82) is 0 Å². The molecule has 134 valence electrons. The molecule has 2 rings (SSSR count). The Bertz CT molecular complexity index is 706. The number of hydrogen-bond donors (Lipinski definition) is 2. The Morgan fingerprint density at radius 1 is 1.33 bits per heavy atom. The van der Waals surface area contributed by atoms with Crippen LogP contribution in [-0.2, 0) is 19.6 Å². The minimum atomic E-state index is -3.75. The first-order valence-corrected chi connectivity index (χ1v) is 8.96. The number of sulfonamides is 1. The molecule has 1 fully saturated rings. The van der Waals surface area contributed by atoms with Gasteiger partial charge in [-0.2, -0.15) is 4.31 Å². The van der Waals surface area contributed by atoms with Gasteiger partial charge in [-0.1, -0.05) is 0 Å². The van der Waals surface area contributed by atoms with Gasteiger partial charge in [-0.05, 0) is 32.0 Å². The van der Waals surface area contributed by atoms with E-state index in [1.807, 2.05) is 0 Å². The first-order valence-electron chi connectivity index (χ1n) is 7.52. The molecule has 8 nitrogen and oxygen atoms in total. The highest BCUT2D eigenvalue weighted by Crippen LogP contribution is 2.30. The molecule has 1 amide bonds. The van der Waals surface area contributed by atoms with Crippen molar-refractivity contribution in [3.8, 4) is 5.75 Å². The van der Waals surface area contributed by atoms with Crippen molar-refractivity contribution in [1.82, 2.24) is 4.31 Å². The van der Waals surface area contributed by atoms with E-state index in [2.05, 4.69) is 5.32 Å². The number of ether oxygens (including phenoxy) is 2. The summed E-state index contributed by atoms with van der Waals surface area (Å²) in [5.41, 5.74) is 5.01. The van der Waals surface area contributed by atoms with E-state index in [0.717, 1.165) is 0 Å². The minimum Gasteiger partial charge on any atom is -0.495 e. The van der Waals surface area contributed by atoms with Crippen molar-refractivity contribution in [2.45, 2.75) is 24.3 Å². The molecular weight excluding hydrogens is 334 g/mol. The summed E-state index contributed by atoms with van der Waals surface area (Å²) < 4.78 is 37.4. The van der Waals surface area contributed by atoms with E-state index in [1.165, 1.54) is 23.5 Å². The maximum Gasteiger partial charge on any atom is 0.246 e. The zero-order valence-corrected chi connectivity index (χ0v) is 14.9. The summed E-state index contributed by atoms with van der Waals surface area (Å²) in [6, 6.07) is 4.46. The maximum absolute atomic E-state index is 12.9.